The molecule has 6 aromatic carbocycles. The number of phenols is 1. The van der Waals surface area contributed by atoms with Crippen LogP contribution in [0.5, 0.6) is 5.75 Å². The number of nitrogens with two attached hydrogens (primary N) is 1. The number of anilines is 2. The molecule has 7 aromatic rings. The Morgan fingerprint density at radius 1 is 0.857 bits per heavy atom. The average molecular weight is 954 g/mol. The number of nitrogens with zero attached hydrogens (tertiary/aromatic N) is 4. The molecular formula is C52H39N7O10S. The van der Waals surface area contributed by atoms with Crippen molar-refractivity contribution in [3.8, 4) is 17.6 Å². The van der Waals surface area contributed by atoms with Gasteiger partial charge in [-0.15, -0.1) is 0 Å². The molecule has 6 atom stereocenters. The van der Waals surface area contributed by atoms with Crippen LogP contribution in [-0.2, 0) is 35.9 Å². The summed E-state index contributed by atoms with van der Waals surface area (Å²) in [5.74, 6) is 1.50. The van der Waals surface area contributed by atoms with Crippen molar-refractivity contribution < 1.29 is 43.5 Å². The van der Waals surface area contributed by atoms with Crippen molar-refractivity contribution in [1.29, 1.82) is 0 Å². The van der Waals surface area contributed by atoms with Crippen LogP contribution < -0.4 is 21.3 Å². The van der Waals surface area contributed by atoms with E-state index in [-0.39, 0.29) is 34.4 Å². The average Bonchev–Trinajstić information content (AvgIpc) is 4.01. The minimum absolute atomic E-state index is 0.0187. The van der Waals surface area contributed by atoms with Gasteiger partial charge in [0.2, 0.25) is 11.8 Å². The minimum Gasteiger partial charge on any atom is -0.508 e. The highest BCUT2D eigenvalue weighted by molar-refractivity contribution is 7.22. The monoisotopic (exact) mass is 953 g/mol. The summed E-state index contributed by atoms with van der Waals surface area (Å²) in [6.45, 7) is -0.541. The Balaban J connectivity index is 1.22. The predicted octanol–water partition coefficient (Wildman–Crippen LogP) is 7.57. The molecule has 0 bridgehead atoms. The van der Waals surface area contributed by atoms with Crippen molar-refractivity contribution in [1.82, 2.24) is 15.2 Å². The number of urea groups is 1. The highest BCUT2D eigenvalue weighted by atomic mass is 32.1. The van der Waals surface area contributed by atoms with Gasteiger partial charge in [-0.3, -0.25) is 29.4 Å². The van der Waals surface area contributed by atoms with Crippen LogP contribution in [0.4, 0.5) is 26.1 Å². The number of rotatable bonds is 9. The fraction of sp³-hybridized carbons (Fsp3) is 0.154. The van der Waals surface area contributed by atoms with E-state index >= 15 is 14.4 Å². The number of hydrogen-bond acceptors (Lipinski definition) is 13. The number of carbonyl (C=O) groups is 5. The van der Waals surface area contributed by atoms with Gasteiger partial charge in [0.1, 0.15) is 29.9 Å². The van der Waals surface area contributed by atoms with E-state index in [1.54, 1.807) is 36.4 Å². The van der Waals surface area contributed by atoms with Crippen LogP contribution in [0.3, 0.4) is 0 Å². The highest BCUT2D eigenvalue weighted by Gasteiger charge is 2.76. The fourth-order valence-electron chi connectivity index (χ4n) is 9.93. The fourth-order valence-corrected chi connectivity index (χ4v) is 10.8. The second kappa shape index (κ2) is 18.3. The van der Waals surface area contributed by atoms with Gasteiger partial charge in [-0.25, -0.2) is 19.5 Å². The number of non-ortho nitro benzene ring substituents is 1. The van der Waals surface area contributed by atoms with Crippen LogP contribution in [-0.4, -0.2) is 62.4 Å². The van der Waals surface area contributed by atoms with Crippen LogP contribution in [0.25, 0.3) is 10.2 Å². The first-order chi connectivity index (χ1) is 33.9. The van der Waals surface area contributed by atoms with E-state index in [1.807, 2.05) is 77.7 Å². The summed E-state index contributed by atoms with van der Waals surface area (Å²) in [5.41, 5.74) is 6.04. The van der Waals surface area contributed by atoms with Gasteiger partial charge < -0.3 is 30.9 Å². The molecule has 0 radical (unpaired) electrons. The summed E-state index contributed by atoms with van der Waals surface area (Å²) >= 11 is 1.19. The van der Waals surface area contributed by atoms with E-state index in [2.05, 4.69) is 27.5 Å². The first kappa shape index (κ1) is 44.9. The molecule has 1 aromatic heterocycles. The molecule has 5 amide bonds. The number of aromatic nitrogens is 1. The number of benzene rings is 6. The number of fused-ring (bicyclic) bond motifs is 4. The number of nitro groups is 1. The molecule has 0 unspecified atom stereocenters. The first-order valence-corrected chi connectivity index (χ1v) is 22.7. The van der Waals surface area contributed by atoms with Crippen molar-refractivity contribution in [2.45, 2.75) is 36.3 Å². The predicted molar refractivity (Wildman–Crippen MR) is 256 cm³/mol. The third-order valence-corrected chi connectivity index (χ3v) is 13.7. The lowest BCUT2D eigenvalue weighted by molar-refractivity contribution is -0.384. The molecule has 2 saturated heterocycles. The number of morpholine rings is 1. The third-order valence-electron chi connectivity index (χ3n) is 12.7. The lowest BCUT2D eigenvalue weighted by Gasteiger charge is -2.46. The van der Waals surface area contributed by atoms with Crippen LogP contribution in [0.15, 0.2) is 152 Å². The summed E-state index contributed by atoms with van der Waals surface area (Å²) in [7, 11) is 0. The summed E-state index contributed by atoms with van der Waals surface area (Å²) in [5, 5.41) is 27.7. The number of primary amides is 1. The van der Waals surface area contributed by atoms with Crippen molar-refractivity contribution in [2.75, 3.05) is 16.8 Å². The number of esters is 1. The number of hydrogen-bond donors (Lipinski definition) is 4. The Labute approximate surface area is 402 Å². The van der Waals surface area contributed by atoms with Gasteiger partial charge in [0.25, 0.3) is 5.69 Å². The Kier molecular flexibility index (Phi) is 11.7. The zero-order valence-electron chi connectivity index (χ0n) is 36.6. The molecule has 70 heavy (non-hydrogen) atoms. The Morgan fingerprint density at radius 3 is 2.23 bits per heavy atom. The van der Waals surface area contributed by atoms with Gasteiger partial charge in [0, 0.05) is 17.7 Å². The summed E-state index contributed by atoms with van der Waals surface area (Å²) in [6, 6.07) is 37.2. The minimum atomic E-state index is -2.20. The highest BCUT2D eigenvalue weighted by Crippen LogP contribution is 2.66. The number of imide groups is 1. The molecule has 10 rings (SSSR count). The molecule has 18 heteroatoms. The largest absolute Gasteiger partial charge is 0.508 e. The molecule has 5 N–H and O–H groups in total. The summed E-state index contributed by atoms with van der Waals surface area (Å²) in [6.07, 6.45) is -2.14. The second-order valence-electron chi connectivity index (χ2n) is 16.7. The number of carbonyl (C=O) groups excluding carboxylic acids is 5. The number of nitrogens with one attached hydrogen (secondary N) is 2. The first-order valence-electron chi connectivity index (χ1n) is 21.9. The number of aromatic hydroxyl groups is 1. The molecule has 1 spiro atoms. The van der Waals surface area contributed by atoms with E-state index < -0.39 is 77.0 Å². The molecule has 4 heterocycles. The number of thiazole rings is 1. The van der Waals surface area contributed by atoms with Gasteiger partial charge >= 0.3 is 18.1 Å². The van der Waals surface area contributed by atoms with E-state index in [9.17, 15) is 24.8 Å². The van der Waals surface area contributed by atoms with Crippen LogP contribution in [0.1, 0.15) is 51.6 Å². The number of cyclic esters (lactones) is 1. The van der Waals surface area contributed by atoms with E-state index in [4.69, 9.17) is 15.2 Å². The molecule has 17 nitrogen and oxygen atoms in total. The maximum absolute atomic E-state index is 16.4. The maximum atomic E-state index is 16.4. The third kappa shape index (κ3) is 7.88. The van der Waals surface area contributed by atoms with Gasteiger partial charge in [0.15, 0.2) is 5.13 Å². The number of ether oxygens (including phenoxy) is 2. The normalized spacial score (nSPS) is 21.3. The van der Waals surface area contributed by atoms with Gasteiger partial charge in [0.05, 0.1) is 45.4 Å². The molecule has 2 fully saturated rings. The molecule has 3 aliphatic rings. The maximum Gasteiger partial charge on any atom is 0.421 e. The summed E-state index contributed by atoms with van der Waals surface area (Å²) in [4.78, 5) is 92.1. The standard InChI is InChI=1S/C52H39N7O10S/c53-49(64)54-27-9-10-30-19-26-39-37(28-30)52(48(63)57(39)51(65)68-29-31-17-22-35(23-18-31)59(66)67)41(46(61)56-50-55-38-15-7-8-16-40(38)70-50)43-47(62)69-44(33-13-5-2-6-14-33)42(32-11-3-1-4-12-32)58(43)45(52)34-20-24-36(60)25-21-34/h1-8,11-26,28,41-45,60H,27,29H2,(H3,53,54,64)(H,55,56,61)/t41-,42-,43-,44+,45+,52-/m0/s1. The Hall–Kier alpha value is -8.92. The molecule has 0 saturated carbocycles. The smallest absolute Gasteiger partial charge is 0.421 e. The zero-order valence-corrected chi connectivity index (χ0v) is 37.4. The van der Waals surface area contributed by atoms with Crippen molar-refractivity contribution >= 4 is 68.0 Å². The second-order valence-corrected chi connectivity index (χ2v) is 17.7. The van der Waals surface area contributed by atoms with Crippen molar-refractivity contribution in [3.05, 3.63) is 195 Å². The number of amides is 5. The van der Waals surface area contributed by atoms with Crippen LogP contribution >= 0.6 is 11.3 Å². The number of phenolic OH excluding ortho intramolecular Hbond substituents is 1. The lowest BCUT2D eigenvalue weighted by atomic mass is 9.65. The number of nitro benzene ring substituents is 1. The van der Waals surface area contributed by atoms with E-state index in [1.165, 1.54) is 53.8 Å². The molecular weight excluding hydrogens is 915 g/mol. The van der Waals surface area contributed by atoms with Crippen LogP contribution in [0.2, 0.25) is 0 Å². The SMILES string of the molecule is NC(=O)NCC#Cc1ccc2c(c1)[C@]1(C(=O)N2C(=O)OCc2ccc([N+](=O)[O-])cc2)[C@H](C(=O)Nc2nc3ccccc3s2)[C@H]2C(=O)O[C@H](c3ccccc3)[C@H](c3ccccc3)N2[C@@H]1c1ccc(O)cc1. The van der Waals surface area contributed by atoms with Crippen molar-refractivity contribution in [3.63, 3.8) is 0 Å². The van der Waals surface area contributed by atoms with Gasteiger partial charge in [-0.05, 0) is 82.4 Å². The topological polar surface area (TPSA) is 237 Å². The van der Waals surface area contributed by atoms with Gasteiger partial charge in [-0.1, -0.05) is 108 Å². The quantitative estimate of drug-likeness (QED) is 0.0475. The lowest BCUT2D eigenvalue weighted by Crippen LogP contribution is -2.54. The van der Waals surface area contributed by atoms with E-state index in [0.717, 1.165) is 9.60 Å². The Bertz CT molecular complexity index is 3260. The zero-order chi connectivity index (χ0) is 48.7. The number of para-hydroxylation sites is 1. The Morgan fingerprint density at radius 2 is 1.54 bits per heavy atom. The van der Waals surface area contributed by atoms with E-state index in [0.29, 0.717) is 33.3 Å². The van der Waals surface area contributed by atoms with Gasteiger partial charge in [-0.2, -0.15) is 0 Å². The molecule has 3 aliphatic heterocycles. The summed E-state index contributed by atoms with van der Waals surface area (Å²) < 4.78 is 13.1. The van der Waals surface area contributed by atoms with Crippen molar-refractivity contribution in [2.24, 2.45) is 11.7 Å². The molecule has 0 aliphatic carbocycles. The van der Waals surface area contributed by atoms with Crippen LogP contribution in [0, 0.1) is 27.9 Å². The molecule has 348 valence electrons.